The zero-order valence-electron chi connectivity index (χ0n) is 19.3. The molecule has 4 rings (SSSR count). The number of nitrogens with zero attached hydrogens (tertiary/aromatic N) is 5. The fourth-order valence-electron chi connectivity index (χ4n) is 3.62. The van der Waals surface area contributed by atoms with E-state index in [9.17, 15) is 4.79 Å². The molecular weight excluding hydrogens is 428 g/mol. The van der Waals surface area contributed by atoms with Crippen molar-refractivity contribution in [1.29, 1.82) is 0 Å². The van der Waals surface area contributed by atoms with E-state index in [1.807, 2.05) is 32.3 Å². The summed E-state index contributed by atoms with van der Waals surface area (Å²) >= 11 is 0. The van der Waals surface area contributed by atoms with Crippen molar-refractivity contribution >= 4 is 23.8 Å². The third-order valence-electron chi connectivity index (χ3n) is 5.37. The SMILES string of the molecule is CN(C)C/C=C/CNCC1=C2C=NC=C[N+]2(N)C(c2ccc(C(=O)Nc3ccccn3)cc2)=N1. The van der Waals surface area contributed by atoms with Crippen LogP contribution in [0.2, 0.25) is 0 Å². The van der Waals surface area contributed by atoms with Gasteiger partial charge in [0.15, 0.2) is 0 Å². The highest BCUT2D eigenvalue weighted by Crippen LogP contribution is 2.30. The van der Waals surface area contributed by atoms with Gasteiger partial charge in [0.2, 0.25) is 5.70 Å². The Balaban J connectivity index is 1.48. The largest absolute Gasteiger partial charge is 0.307 e. The lowest BCUT2D eigenvalue weighted by Gasteiger charge is -2.26. The number of nitrogens with one attached hydrogen (secondary N) is 2. The van der Waals surface area contributed by atoms with Crippen LogP contribution in [-0.2, 0) is 0 Å². The topological polar surface area (TPSA) is 108 Å². The van der Waals surface area contributed by atoms with Gasteiger partial charge in [-0.05, 0) is 50.5 Å². The van der Waals surface area contributed by atoms with Crippen LogP contribution in [-0.4, -0.2) is 66.2 Å². The van der Waals surface area contributed by atoms with E-state index >= 15 is 0 Å². The molecule has 0 bridgehead atoms. The van der Waals surface area contributed by atoms with Gasteiger partial charge in [-0.25, -0.2) is 4.98 Å². The molecular formula is C25H29N8O+. The monoisotopic (exact) mass is 457 g/mol. The van der Waals surface area contributed by atoms with Crippen LogP contribution in [0.25, 0.3) is 0 Å². The van der Waals surface area contributed by atoms with Gasteiger partial charge < -0.3 is 15.5 Å². The number of likely N-dealkylation sites (N-methyl/N-ethyl adjacent to an activating group) is 1. The Hall–Kier alpha value is -3.76. The zero-order chi connectivity index (χ0) is 24.0. The van der Waals surface area contributed by atoms with Crippen molar-refractivity contribution < 1.29 is 9.39 Å². The van der Waals surface area contributed by atoms with E-state index in [2.05, 4.69) is 37.7 Å². The van der Waals surface area contributed by atoms with E-state index < -0.39 is 0 Å². The molecule has 0 saturated carbocycles. The van der Waals surface area contributed by atoms with Gasteiger partial charge in [-0.2, -0.15) is 10.8 Å². The van der Waals surface area contributed by atoms with Gasteiger partial charge in [0.25, 0.3) is 11.7 Å². The summed E-state index contributed by atoms with van der Waals surface area (Å²) in [4.78, 5) is 27.9. The Morgan fingerprint density at radius 2 is 1.97 bits per heavy atom. The zero-order valence-corrected chi connectivity index (χ0v) is 19.3. The van der Waals surface area contributed by atoms with Gasteiger partial charge in [0.1, 0.15) is 17.7 Å². The van der Waals surface area contributed by atoms with Crippen molar-refractivity contribution in [1.82, 2.24) is 15.2 Å². The van der Waals surface area contributed by atoms with Crippen molar-refractivity contribution in [3.63, 3.8) is 0 Å². The summed E-state index contributed by atoms with van der Waals surface area (Å²) in [5.41, 5.74) is 3.00. The van der Waals surface area contributed by atoms with Crippen LogP contribution in [0.5, 0.6) is 0 Å². The van der Waals surface area contributed by atoms with Crippen LogP contribution in [0, 0.1) is 0 Å². The van der Waals surface area contributed by atoms with Crippen LogP contribution in [0.4, 0.5) is 5.82 Å². The smallest absolute Gasteiger partial charge is 0.264 e. The Labute approximate surface area is 199 Å². The van der Waals surface area contributed by atoms with E-state index in [1.165, 1.54) is 0 Å². The van der Waals surface area contributed by atoms with Crippen molar-refractivity contribution in [3.05, 3.63) is 95.7 Å². The maximum absolute atomic E-state index is 12.6. The van der Waals surface area contributed by atoms with Crippen molar-refractivity contribution in [2.45, 2.75) is 0 Å². The molecule has 0 spiro atoms. The van der Waals surface area contributed by atoms with Gasteiger partial charge in [0, 0.05) is 31.4 Å². The summed E-state index contributed by atoms with van der Waals surface area (Å²) in [5, 5.41) is 6.18. The molecule has 174 valence electrons. The first-order chi connectivity index (χ1) is 16.5. The highest BCUT2D eigenvalue weighted by Gasteiger charge is 2.43. The number of nitrogens with two attached hydrogens (primary N) is 1. The van der Waals surface area contributed by atoms with E-state index in [-0.39, 0.29) is 10.5 Å². The fraction of sp³-hybridized carbons (Fsp3) is 0.200. The molecule has 0 saturated heterocycles. The highest BCUT2D eigenvalue weighted by molar-refractivity contribution is 6.05. The number of pyridine rings is 1. The van der Waals surface area contributed by atoms with E-state index in [1.54, 1.807) is 49.1 Å². The lowest BCUT2D eigenvalue weighted by atomic mass is 10.1. The summed E-state index contributed by atoms with van der Waals surface area (Å²) in [7, 11) is 4.07. The summed E-state index contributed by atoms with van der Waals surface area (Å²) in [6.45, 7) is 2.19. The van der Waals surface area contributed by atoms with E-state index in [4.69, 9.17) is 10.8 Å². The molecule has 2 aliphatic heterocycles. The van der Waals surface area contributed by atoms with Gasteiger partial charge in [-0.1, -0.05) is 18.2 Å². The Morgan fingerprint density at radius 1 is 1.15 bits per heavy atom. The molecule has 1 aromatic carbocycles. The van der Waals surface area contributed by atoms with Crippen LogP contribution in [0.3, 0.4) is 0 Å². The number of amides is 1. The Bertz CT molecular complexity index is 1180. The number of anilines is 1. The summed E-state index contributed by atoms with van der Waals surface area (Å²) in [5.74, 6) is 7.70. The number of hydrogen-bond acceptors (Lipinski definition) is 7. The lowest BCUT2D eigenvalue weighted by Crippen LogP contribution is -2.53. The molecule has 9 heteroatoms. The third-order valence-corrected chi connectivity index (χ3v) is 5.37. The average molecular weight is 458 g/mol. The number of quaternary nitrogens is 1. The molecule has 1 unspecified atom stereocenters. The molecule has 0 fully saturated rings. The Kier molecular flexibility index (Phi) is 7.19. The number of benzene rings is 1. The van der Waals surface area contributed by atoms with Crippen molar-refractivity contribution in [3.8, 4) is 0 Å². The van der Waals surface area contributed by atoms with Crippen molar-refractivity contribution in [2.75, 3.05) is 39.0 Å². The second-order valence-corrected chi connectivity index (χ2v) is 8.23. The highest BCUT2D eigenvalue weighted by atomic mass is 16.1. The number of carbonyl (C=O) groups is 1. The minimum atomic E-state index is -0.230. The molecule has 2 aromatic rings. The lowest BCUT2D eigenvalue weighted by molar-refractivity contribution is -0.750. The first kappa shape index (κ1) is 23.4. The number of aliphatic imine (C=N–C) groups is 2. The standard InChI is InChI=1S/C25H28N8O/c1-32(2)15-6-5-12-27-17-21-22-18-28-14-16-33(22,26)24(30-21)19-8-10-20(11-9-19)25(34)31-23-7-3-4-13-29-23/h3-11,13-14,16,18,27H,12,15,17,26H2,1-2H3/p+1/b6-5+. The number of aromatic nitrogens is 1. The number of rotatable bonds is 9. The number of fused-ring (bicyclic) bond motifs is 1. The van der Waals surface area contributed by atoms with Gasteiger partial charge in [0.05, 0.1) is 18.0 Å². The van der Waals surface area contributed by atoms with E-state index in [0.717, 1.165) is 30.0 Å². The number of hydrogen-bond donors (Lipinski definition) is 3. The second-order valence-electron chi connectivity index (χ2n) is 8.23. The molecule has 3 heterocycles. The molecule has 1 atom stereocenters. The fourth-order valence-corrected chi connectivity index (χ4v) is 3.62. The molecule has 2 aliphatic rings. The molecule has 4 N–H and O–H groups in total. The van der Waals surface area contributed by atoms with Crippen LogP contribution in [0.1, 0.15) is 15.9 Å². The van der Waals surface area contributed by atoms with Crippen LogP contribution < -0.4 is 16.5 Å². The molecule has 34 heavy (non-hydrogen) atoms. The summed E-state index contributed by atoms with van der Waals surface area (Å²) in [6, 6.07) is 12.6. The maximum atomic E-state index is 12.6. The van der Waals surface area contributed by atoms with Crippen molar-refractivity contribution in [2.24, 2.45) is 15.8 Å². The predicted molar refractivity (Wildman–Crippen MR) is 135 cm³/mol. The second kappa shape index (κ2) is 10.4. The third kappa shape index (κ3) is 5.24. The minimum absolute atomic E-state index is 0.0591. The normalized spacial score (nSPS) is 19.1. The molecule has 9 nitrogen and oxygen atoms in total. The number of amidine groups is 1. The molecule has 0 aliphatic carbocycles. The molecule has 0 radical (unpaired) electrons. The van der Waals surface area contributed by atoms with Crippen LogP contribution in [0.15, 0.2) is 94.6 Å². The maximum Gasteiger partial charge on any atom is 0.264 e. The first-order valence-electron chi connectivity index (χ1n) is 11.0. The summed E-state index contributed by atoms with van der Waals surface area (Å²) < 4.78 is -0.0591. The summed E-state index contributed by atoms with van der Waals surface area (Å²) in [6.07, 6.45) is 11.1. The van der Waals surface area contributed by atoms with Gasteiger partial charge in [-0.15, -0.1) is 4.59 Å². The minimum Gasteiger partial charge on any atom is -0.307 e. The van der Waals surface area contributed by atoms with Gasteiger partial charge in [-0.3, -0.25) is 9.79 Å². The number of allylic oxidation sites excluding steroid dienone is 1. The molecule has 1 aromatic heterocycles. The number of carbonyl (C=O) groups excluding carboxylic acids is 1. The van der Waals surface area contributed by atoms with E-state index in [0.29, 0.717) is 23.8 Å². The quantitative estimate of drug-likeness (QED) is 0.232. The van der Waals surface area contributed by atoms with Gasteiger partial charge >= 0.3 is 0 Å². The average Bonchev–Trinajstić information content (AvgIpc) is 3.14. The first-order valence-corrected chi connectivity index (χ1v) is 11.0. The van der Waals surface area contributed by atoms with Crippen LogP contribution >= 0.6 is 0 Å². The Morgan fingerprint density at radius 3 is 2.71 bits per heavy atom. The predicted octanol–water partition coefficient (Wildman–Crippen LogP) is 2.26. The molecule has 1 amide bonds.